The number of amides is 2. The average Bonchev–Trinajstić information content (AvgIpc) is 3.38. The van der Waals surface area contributed by atoms with Gasteiger partial charge in [0.15, 0.2) is 18.1 Å². The van der Waals surface area contributed by atoms with Gasteiger partial charge in [-0.15, -0.1) is 0 Å². The first-order valence-electron chi connectivity index (χ1n) is 10.9. The Bertz CT molecular complexity index is 1190. The van der Waals surface area contributed by atoms with E-state index in [1.165, 1.54) is 27.4 Å². The van der Waals surface area contributed by atoms with E-state index >= 15 is 0 Å². The molecular formula is C23H27N3O7S. The maximum Gasteiger partial charge on any atom is 0.260 e. The third kappa shape index (κ3) is 5.10. The lowest BCUT2D eigenvalue weighted by Crippen LogP contribution is -2.31. The van der Waals surface area contributed by atoms with E-state index < -0.39 is 15.9 Å². The van der Waals surface area contributed by atoms with Gasteiger partial charge in [0.25, 0.3) is 11.8 Å². The quantitative estimate of drug-likeness (QED) is 0.593. The topological polar surface area (TPSA) is 128 Å². The molecule has 2 amide bonds. The average molecular weight is 490 g/mol. The molecule has 0 aliphatic carbocycles. The number of sulfonamides is 1. The molecule has 0 spiro atoms. The van der Waals surface area contributed by atoms with Crippen molar-refractivity contribution in [3.8, 4) is 17.2 Å². The van der Waals surface area contributed by atoms with Gasteiger partial charge in [0.2, 0.25) is 10.0 Å². The minimum absolute atomic E-state index is 0.0300. The van der Waals surface area contributed by atoms with E-state index in [-0.39, 0.29) is 28.7 Å². The van der Waals surface area contributed by atoms with Gasteiger partial charge in [-0.2, -0.15) is 4.31 Å². The summed E-state index contributed by atoms with van der Waals surface area (Å²) in [6.07, 6.45) is 1.59. The molecule has 2 aliphatic rings. The van der Waals surface area contributed by atoms with Crippen molar-refractivity contribution in [3.63, 3.8) is 0 Å². The molecule has 2 aliphatic heterocycles. The van der Waals surface area contributed by atoms with Gasteiger partial charge in [0.1, 0.15) is 19.0 Å². The van der Waals surface area contributed by atoms with Crippen LogP contribution in [0.2, 0.25) is 0 Å². The van der Waals surface area contributed by atoms with E-state index in [0.29, 0.717) is 44.3 Å². The molecule has 0 aromatic heterocycles. The summed E-state index contributed by atoms with van der Waals surface area (Å²) in [7, 11) is -2.09. The van der Waals surface area contributed by atoms with Crippen LogP contribution in [-0.2, 0) is 21.4 Å². The zero-order valence-electron chi connectivity index (χ0n) is 18.9. The molecule has 0 bridgehead atoms. The summed E-state index contributed by atoms with van der Waals surface area (Å²) in [5.74, 6) is 0.177. The van der Waals surface area contributed by atoms with Crippen LogP contribution in [0.3, 0.4) is 0 Å². The zero-order valence-corrected chi connectivity index (χ0v) is 19.7. The van der Waals surface area contributed by atoms with E-state index in [4.69, 9.17) is 19.9 Å². The van der Waals surface area contributed by atoms with Gasteiger partial charge < -0.3 is 24.8 Å². The highest BCUT2D eigenvalue weighted by Gasteiger charge is 2.28. The Labute approximate surface area is 198 Å². The number of hydrogen-bond acceptors (Lipinski definition) is 7. The summed E-state index contributed by atoms with van der Waals surface area (Å²) in [6, 6.07) is 9.40. The van der Waals surface area contributed by atoms with E-state index in [1.807, 2.05) is 12.1 Å². The fraction of sp³-hybridized carbons (Fsp3) is 0.391. The first-order chi connectivity index (χ1) is 16.3. The Kier molecular flexibility index (Phi) is 6.94. The smallest absolute Gasteiger partial charge is 0.260 e. The summed E-state index contributed by atoms with van der Waals surface area (Å²) in [5.41, 5.74) is 6.22. The molecule has 34 heavy (non-hydrogen) atoms. The highest BCUT2D eigenvalue weighted by atomic mass is 32.2. The van der Waals surface area contributed by atoms with E-state index in [2.05, 4.69) is 0 Å². The second-order valence-electron chi connectivity index (χ2n) is 8.15. The molecule has 4 rings (SSSR count). The monoisotopic (exact) mass is 489 g/mol. The molecule has 1 fully saturated rings. The van der Waals surface area contributed by atoms with Gasteiger partial charge >= 0.3 is 0 Å². The molecular weight excluding hydrogens is 462 g/mol. The van der Waals surface area contributed by atoms with Gasteiger partial charge in [-0.25, -0.2) is 8.42 Å². The van der Waals surface area contributed by atoms with Crippen molar-refractivity contribution in [1.82, 2.24) is 9.21 Å². The van der Waals surface area contributed by atoms with Gasteiger partial charge in [0.05, 0.1) is 10.5 Å². The van der Waals surface area contributed by atoms with Crippen molar-refractivity contribution < 1.29 is 32.2 Å². The lowest BCUT2D eigenvalue weighted by atomic mass is 10.2. The molecule has 2 aromatic rings. The number of hydrogen-bond donors (Lipinski definition) is 1. The molecule has 0 atom stereocenters. The van der Waals surface area contributed by atoms with Crippen molar-refractivity contribution in [1.29, 1.82) is 0 Å². The third-order valence-corrected chi connectivity index (χ3v) is 7.62. The van der Waals surface area contributed by atoms with Crippen LogP contribution in [0.1, 0.15) is 28.8 Å². The molecule has 10 nitrogen and oxygen atoms in total. The normalized spacial score (nSPS) is 15.7. The lowest BCUT2D eigenvalue weighted by molar-refractivity contribution is -0.132. The minimum Gasteiger partial charge on any atom is -0.486 e. The van der Waals surface area contributed by atoms with Crippen LogP contribution in [-0.4, -0.2) is 69.4 Å². The Hall–Kier alpha value is -3.31. The van der Waals surface area contributed by atoms with Crippen LogP contribution >= 0.6 is 0 Å². The van der Waals surface area contributed by atoms with Gasteiger partial charge in [-0.1, -0.05) is 6.07 Å². The van der Waals surface area contributed by atoms with Crippen LogP contribution < -0.4 is 19.9 Å². The zero-order chi connectivity index (χ0) is 24.3. The van der Waals surface area contributed by atoms with Crippen molar-refractivity contribution in [2.75, 3.05) is 40.0 Å². The summed E-state index contributed by atoms with van der Waals surface area (Å²) in [5, 5.41) is 0. The van der Waals surface area contributed by atoms with Crippen LogP contribution in [0.4, 0.5) is 0 Å². The number of carbonyl (C=O) groups is 2. The van der Waals surface area contributed by atoms with Gasteiger partial charge in [-0.3, -0.25) is 9.59 Å². The molecule has 0 saturated carbocycles. The Morgan fingerprint density at radius 3 is 2.47 bits per heavy atom. The van der Waals surface area contributed by atoms with Crippen molar-refractivity contribution in [2.45, 2.75) is 24.3 Å². The molecule has 1 saturated heterocycles. The van der Waals surface area contributed by atoms with E-state index in [1.54, 1.807) is 13.1 Å². The SMILES string of the molecule is CN(Cc1ccc2c(c1)OCCO2)C(=O)COc1ccc(S(=O)(=O)N2CCCC2)cc1C(N)=O. The van der Waals surface area contributed by atoms with E-state index in [9.17, 15) is 18.0 Å². The number of nitrogens with zero attached hydrogens (tertiary/aromatic N) is 2. The maximum absolute atomic E-state index is 12.8. The largest absolute Gasteiger partial charge is 0.486 e. The number of nitrogens with two attached hydrogens (primary N) is 1. The fourth-order valence-corrected chi connectivity index (χ4v) is 5.41. The first kappa shape index (κ1) is 23.8. The number of carbonyl (C=O) groups excluding carboxylic acids is 2. The van der Waals surface area contributed by atoms with Crippen molar-refractivity contribution in [2.24, 2.45) is 5.73 Å². The number of ether oxygens (including phenoxy) is 3. The predicted molar refractivity (Wildman–Crippen MR) is 122 cm³/mol. The van der Waals surface area contributed by atoms with Crippen LogP contribution in [0, 0.1) is 0 Å². The minimum atomic E-state index is -3.72. The molecule has 2 N–H and O–H groups in total. The fourth-order valence-electron chi connectivity index (χ4n) is 3.86. The number of primary amides is 1. The number of rotatable bonds is 8. The Morgan fingerprint density at radius 1 is 1.06 bits per heavy atom. The molecule has 0 radical (unpaired) electrons. The van der Waals surface area contributed by atoms with Crippen molar-refractivity contribution >= 4 is 21.8 Å². The summed E-state index contributed by atoms with van der Waals surface area (Å²) in [6.45, 7) is 1.82. The van der Waals surface area contributed by atoms with Gasteiger partial charge in [0, 0.05) is 26.7 Å². The summed E-state index contributed by atoms with van der Waals surface area (Å²) < 4.78 is 43.6. The lowest BCUT2D eigenvalue weighted by Gasteiger charge is -2.21. The molecule has 0 unspecified atom stereocenters. The highest BCUT2D eigenvalue weighted by Crippen LogP contribution is 2.31. The Balaban J connectivity index is 1.42. The van der Waals surface area contributed by atoms with Gasteiger partial charge in [-0.05, 0) is 48.7 Å². The molecule has 182 valence electrons. The Morgan fingerprint density at radius 2 is 1.76 bits per heavy atom. The third-order valence-electron chi connectivity index (χ3n) is 5.72. The van der Waals surface area contributed by atoms with Crippen LogP contribution in [0.5, 0.6) is 17.2 Å². The van der Waals surface area contributed by atoms with Crippen molar-refractivity contribution in [3.05, 3.63) is 47.5 Å². The highest BCUT2D eigenvalue weighted by molar-refractivity contribution is 7.89. The van der Waals surface area contributed by atoms with E-state index in [0.717, 1.165) is 18.4 Å². The second-order valence-corrected chi connectivity index (χ2v) is 10.1. The summed E-state index contributed by atoms with van der Waals surface area (Å²) in [4.78, 5) is 26.0. The molecule has 2 heterocycles. The van der Waals surface area contributed by atoms with Crippen LogP contribution in [0.15, 0.2) is 41.3 Å². The number of fused-ring (bicyclic) bond motifs is 1. The predicted octanol–water partition coefficient (Wildman–Crippen LogP) is 1.38. The maximum atomic E-state index is 12.8. The standard InChI is InChI=1S/C23H27N3O7S/c1-25(14-16-4-6-20-21(12-16)32-11-10-31-20)22(27)15-33-19-7-5-17(13-18(19)23(24)28)34(29,30)26-8-2-3-9-26/h4-7,12-13H,2-3,8-11,14-15H2,1H3,(H2,24,28). The summed E-state index contributed by atoms with van der Waals surface area (Å²) >= 11 is 0. The molecule has 11 heteroatoms. The number of likely N-dealkylation sites (N-methyl/N-ethyl adjacent to an activating group) is 1. The molecule has 2 aromatic carbocycles. The van der Waals surface area contributed by atoms with Crippen LogP contribution in [0.25, 0.3) is 0 Å². The number of benzene rings is 2. The first-order valence-corrected chi connectivity index (χ1v) is 12.4. The second kappa shape index (κ2) is 9.90.